The number of rotatable bonds is 7. The van der Waals surface area contributed by atoms with Crippen molar-refractivity contribution in [2.45, 2.75) is 13.0 Å². The molecule has 1 saturated heterocycles. The van der Waals surface area contributed by atoms with Crippen LogP contribution in [0.25, 0.3) is 0 Å². The van der Waals surface area contributed by atoms with Gasteiger partial charge in [0.1, 0.15) is 11.5 Å². The Labute approximate surface area is 212 Å². The van der Waals surface area contributed by atoms with Gasteiger partial charge in [-0.1, -0.05) is 6.07 Å². The zero-order chi connectivity index (χ0) is 22.3. The van der Waals surface area contributed by atoms with E-state index in [2.05, 4.69) is 38.3 Å². The molecular weight excluding hydrogens is 535 g/mol. The Hall–Kier alpha value is -2.40. The highest BCUT2D eigenvalue weighted by atomic mass is 127. The molecule has 0 atom stereocenters. The van der Waals surface area contributed by atoms with E-state index >= 15 is 0 Å². The van der Waals surface area contributed by atoms with E-state index in [0.29, 0.717) is 6.79 Å². The molecule has 33 heavy (non-hydrogen) atoms. The van der Waals surface area contributed by atoms with Gasteiger partial charge in [0.15, 0.2) is 17.5 Å². The first-order valence-corrected chi connectivity index (χ1v) is 11.0. The third-order valence-electron chi connectivity index (χ3n) is 5.90. The monoisotopic (exact) mass is 568 g/mol. The lowest BCUT2D eigenvalue weighted by molar-refractivity contribution is 0.171. The van der Waals surface area contributed by atoms with Crippen LogP contribution in [-0.4, -0.2) is 76.5 Å². The maximum Gasteiger partial charge on any atom is 0.231 e. The Kier molecular flexibility index (Phi) is 9.30. The molecular formula is C24H33IN4O4. The van der Waals surface area contributed by atoms with Crippen molar-refractivity contribution in [3.63, 3.8) is 0 Å². The highest BCUT2D eigenvalue weighted by Gasteiger charge is 2.21. The molecule has 2 heterocycles. The van der Waals surface area contributed by atoms with Crippen molar-refractivity contribution in [3.8, 4) is 23.0 Å². The second kappa shape index (κ2) is 12.2. The lowest BCUT2D eigenvalue weighted by Gasteiger charge is -2.36. The van der Waals surface area contributed by atoms with Gasteiger partial charge in [-0.3, -0.25) is 9.89 Å². The van der Waals surface area contributed by atoms with Gasteiger partial charge in [0.2, 0.25) is 6.79 Å². The van der Waals surface area contributed by atoms with Crippen molar-refractivity contribution in [2.24, 2.45) is 4.99 Å². The first-order chi connectivity index (χ1) is 15.7. The maximum atomic E-state index is 5.53. The number of fused-ring (bicyclic) bond motifs is 1. The van der Waals surface area contributed by atoms with E-state index in [4.69, 9.17) is 18.9 Å². The Morgan fingerprint density at radius 1 is 1.00 bits per heavy atom. The molecule has 2 aromatic rings. The second-order valence-electron chi connectivity index (χ2n) is 7.85. The number of methoxy groups -OCH3 is 2. The summed E-state index contributed by atoms with van der Waals surface area (Å²) in [6, 6.07) is 12.1. The summed E-state index contributed by atoms with van der Waals surface area (Å²) < 4.78 is 21.8. The van der Waals surface area contributed by atoms with Gasteiger partial charge < -0.3 is 29.2 Å². The van der Waals surface area contributed by atoms with Crippen molar-refractivity contribution in [2.75, 3.05) is 60.8 Å². The van der Waals surface area contributed by atoms with E-state index in [1.54, 1.807) is 14.2 Å². The minimum Gasteiger partial charge on any atom is -0.497 e. The number of hydrogen-bond acceptors (Lipinski definition) is 6. The Bertz CT molecular complexity index is 948. The van der Waals surface area contributed by atoms with E-state index < -0.39 is 0 Å². The molecule has 1 fully saturated rings. The molecule has 0 amide bonds. The van der Waals surface area contributed by atoms with E-state index in [9.17, 15) is 0 Å². The van der Waals surface area contributed by atoms with E-state index in [1.165, 1.54) is 5.56 Å². The van der Waals surface area contributed by atoms with Crippen molar-refractivity contribution in [1.29, 1.82) is 0 Å². The van der Waals surface area contributed by atoms with Gasteiger partial charge in [0.25, 0.3) is 0 Å². The van der Waals surface area contributed by atoms with E-state index in [1.807, 2.05) is 25.2 Å². The third kappa shape index (κ3) is 6.35. The van der Waals surface area contributed by atoms with Crippen LogP contribution in [0.5, 0.6) is 23.0 Å². The first-order valence-electron chi connectivity index (χ1n) is 11.0. The minimum atomic E-state index is 0. The van der Waals surface area contributed by atoms with Gasteiger partial charge in [0, 0.05) is 51.9 Å². The summed E-state index contributed by atoms with van der Waals surface area (Å²) in [4.78, 5) is 9.25. The zero-order valence-corrected chi connectivity index (χ0v) is 21.8. The molecule has 2 aromatic carbocycles. The summed E-state index contributed by atoms with van der Waals surface area (Å²) in [6.07, 6.45) is 0.894. The number of guanidine groups is 1. The summed E-state index contributed by atoms with van der Waals surface area (Å²) in [6.45, 7) is 5.73. The highest BCUT2D eigenvalue weighted by molar-refractivity contribution is 14.0. The van der Waals surface area contributed by atoms with Crippen molar-refractivity contribution < 1.29 is 18.9 Å². The second-order valence-corrected chi connectivity index (χ2v) is 7.85. The van der Waals surface area contributed by atoms with Crippen LogP contribution in [0, 0.1) is 0 Å². The fourth-order valence-corrected chi connectivity index (χ4v) is 4.11. The fraction of sp³-hybridized carbons (Fsp3) is 0.458. The molecule has 0 aliphatic carbocycles. The SMILES string of the molecule is CN=C(NCCc1ccc2c(c1)OCO2)N1CCN(Cc2cc(OC)ccc2OC)CC1.I. The predicted octanol–water partition coefficient (Wildman–Crippen LogP) is 2.99. The number of nitrogens with one attached hydrogen (secondary N) is 1. The molecule has 4 rings (SSSR count). The van der Waals surface area contributed by atoms with Crippen molar-refractivity contribution in [1.82, 2.24) is 15.1 Å². The standard InChI is InChI=1S/C24H32N4O4.HI/c1-25-24(26-9-8-18-4-6-22-23(14-18)32-17-31-22)28-12-10-27(11-13-28)16-19-15-20(29-2)5-7-21(19)30-3;/h4-7,14-15H,8-13,16-17H2,1-3H3,(H,25,26);1H. The van der Waals surface area contributed by atoms with Crippen molar-refractivity contribution >= 4 is 29.9 Å². The summed E-state index contributed by atoms with van der Waals surface area (Å²) in [7, 11) is 5.24. The molecule has 180 valence electrons. The van der Waals surface area contributed by atoms with Gasteiger partial charge in [-0.15, -0.1) is 24.0 Å². The van der Waals surface area contributed by atoms with Gasteiger partial charge in [-0.2, -0.15) is 0 Å². The number of benzene rings is 2. The lowest BCUT2D eigenvalue weighted by atomic mass is 10.1. The Morgan fingerprint density at radius 2 is 1.79 bits per heavy atom. The molecule has 2 aliphatic heterocycles. The summed E-state index contributed by atoms with van der Waals surface area (Å²) in [5.41, 5.74) is 2.36. The first kappa shape index (κ1) is 25.2. The Morgan fingerprint density at radius 3 is 2.52 bits per heavy atom. The molecule has 0 radical (unpaired) electrons. The van der Waals surface area contributed by atoms with Crippen LogP contribution in [0.2, 0.25) is 0 Å². The number of nitrogens with zero attached hydrogens (tertiary/aromatic N) is 3. The quantitative estimate of drug-likeness (QED) is 0.313. The molecule has 8 nitrogen and oxygen atoms in total. The summed E-state index contributed by atoms with van der Waals surface area (Å²) in [5.74, 6) is 4.35. The van der Waals surface area contributed by atoms with Crippen LogP contribution in [-0.2, 0) is 13.0 Å². The van der Waals surface area contributed by atoms with Crippen molar-refractivity contribution in [3.05, 3.63) is 47.5 Å². The summed E-state index contributed by atoms with van der Waals surface area (Å²) >= 11 is 0. The third-order valence-corrected chi connectivity index (χ3v) is 5.90. The van der Waals surface area contributed by atoms with Crippen LogP contribution in [0.1, 0.15) is 11.1 Å². The van der Waals surface area contributed by atoms with E-state index in [0.717, 1.165) is 80.2 Å². The Balaban J connectivity index is 0.00000306. The average molecular weight is 568 g/mol. The smallest absolute Gasteiger partial charge is 0.231 e. The highest BCUT2D eigenvalue weighted by Crippen LogP contribution is 2.32. The average Bonchev–Trinajstić information content (AvgIpc) is 3.30. The van der Waals surface area contributed by atoms with Gasteiger partial charge >= 0.3 is 0 Å². The van der Waals surface area contributed by atoms with Crippen LogP contribution in [0.4, 0.5) is 0 Å². The molecule has 0 aromatic heterocycles. The fourth-order valence-electron chi connectivity index (χ4n) is 4.11. The number of hydrogen-bond donors (Lipinski definition) is 1. The lowest BCUT2D eigenvalue weighted by Crippen LogP contribution is -2.52. The molecule has 9 heteroatoms. The zero-order valence-electron chi connectivity index (χ0n) is 19.5. The molecule has 0 bridgehead atoms. The van der Waals surface area contributed by atoms with Gasteiger partial charge in [-0.25, -0.2) is 0 Å². The molecule has 0 unspecified atom stereocenters. The van der Waals surface area contributed by atoms with Crippen LogP contribution < -0.4 is 24.3 Å². The van der Waals surface area contributed by atoms with Gasteiger partial charge in [0.05, 0.1) is 14.2 Å². The number of piperazine rings is 1. The molecule has 0 saturated carbocycles. The predicted molar refractivity (Wildman–Crippen MR) is 139 cm³/mol. The molecule has 2 aliphatic rings. The largest absolute Gasteiger partial charge is 0.497 e. The van der Waals surface area contributed by atoms with Crippen LogP contribution >= 0.6 is 24.0 Å². The van der Waals surface area contributed by atoms with Gasteiger partial charge in [-0.05, 0) is 42.3 Å². The minimum absolute atomic E-state index is 0. The van der Waals surface area contributed by atoms with Crippen LogP contribution in [0.3, 0.4) is 0 Å². The maximum absolute atomic E-state index is 5.53. The molecule has 1 N–H and O–H groups in total. The summed E-state index contributed by atoms with van der Waals surface area (Å²) in [5, 5.41) is 3.50. The number of ether oxygens (including phenoxy) is 4. The van der Waals surface area contributed by atoms with Crippen LogP contribution in [0.15, 0.2) is 41.4 Å². The number of halogens is 1. The normalized spacial score (nSPS) is 15.7. The molecule has 0 spiro atoms. The topological polar surface area (TPSA) is 67.8 Å². The van der Waals surface area contributed by atoms with E-state index in [-0.39, 0.29) is 24.0 Å². The number of aliphatic imine (C=N–C) groups is 1.